The minimum Gasteiger partial charge on any atom is -0.493 e. The zero-order valence-electron chi connectivity index (χ0n) is 15.3. The van der Waals surface area contributed by atoms with Gasteiger partial charge in [-0.1, -0.05) is 12.1 Å². The van der Waals surface area contributed by atoms with Crippen molar-refractivity contribution in [3.05, 3.63) is 23.8 Å². The van der Waals surface area contributed by atoms with E-state index < -0.39 is 9.84 Å². The normalized spacial score (nSPS) is 12.8. The van der Waals surface area contributed by atoms with Crippen LogP contribution in [0.3, 0.4) is 0 Å². The van der Waals surface area contributed by atoms with Gasteiger partial charge in [0.1, 0.15) is 9.84 Å². The molecule has 1 aromatic rings. The second kappa shape index (κ2) is 11.4. The topological polar surface area (TPSA) is 89.0 Å². The van der Waals surface area contributed by atoms with Gasteiger partial charge in [0.15, 0.2) is 17.5 Å². The van der Waals surface area contributed by atoms with Crippen molar-refractivity contribution in [2.75, 3.05) is 33.3 Å². The highest BCUT2D eigenvalue weighted by Crippen LogP contribution is 2.30. The lowest BCUT2D eigenvalue weighted by molar-refractivity contribution is 0.351. The number of nitrogens with one attached hydrogen (secondary N) is 2. The number of guanidine groups is 1. The smallest absolute Gasteiger partial charge is 0.191 e. The number of rotatable bonds is 8. The van der Waals surface area contributed by atoms with Crippen LogP contribution in [-0.4, -0.2) is 53.7 Å². The van der Waals surface area contributed by atoms with Crippen molar-refractivity contribution in [2.45, 2.75) is 25.9 Å². The van der Waals surface area contributed by atoms with Crippen LogP contribution in [0.4, 0.5) is 0 Å². The van der Waals surface area contributed by atoms with E-state index in [-0.39, 0.29) is 35.8 Å². The minimum atomic E-state index is -2.96. The predicted molar refractivity (Wildman–Crippen MR) is 112 cm³/mol. The van der Waals surface area contributed by atoms with E-state index in [1.165, 1.54) is 6.26 Å². The molecule has 144 valence electrons. The molecule has 1 unspecified atom stereocenters. The molecular formula is C16H28IN3O4S. The summed E-state index contributed by atoms with van der Waals surface area (Å²) in [5, 5.41) is 6.37. The molecule has 7 nitrogen and oxygen atoms in total. The number of benzene rings is 1. The summed E-state index contributed by atoms with van der Waals surface area (Å²) in [5.41, 5.74) is 0.934. The summed E-state index contributed by atoms with van der Waals surface area (Å²) >= 11 is 0. The van der Waals surface area contributed by atoms with E-state index in [0.29, 0.717) is 30.4 Å². The van der Waals surface area contributed by atoms with Crippen molar-refractivity contribution in [1.29, 1.82) is 0 Å². The van der Waals surface area contributed by atoms with E-state index in [1.54, 1.807) is 21.3 Å². The Balaban J connectivity index is 0.00000576. The molecule has 0 spiro atoms. The fourth-order valence-electron chi connectivity index (χ4n) is 2.16. The lowest BCUT2D eigenvalue weighted by Crippen LogP contribution is -2.42. The van der Waals surface area contributed by atoms with Gasteiger partial charge in [0.05, 0.1) is 20.0 Å². The second-order valence-electron chi connectivity index (χ2n) is 5.54. The predicted octanol–water partition coefficient (Wildman–Crippen LogP) is 1.81. The molecule has 1 atom stereocenters. The molecule has 0 bridgehead atoms. The van der Waals surface area contributed by atoms with Crippen LogP contribution in [0.25, 0.3) is 0 Å². The van der Waals surface area contributed by atoms with Crippen molar-refractivity contribution < 1.29 is 17.9 Å². The third kappa shape index (κ3) is 8.61. The van der Waals surface area contributed by atoms with E-state index in [4.69, 9.17) is 9.47 Å². The SMILES string of the molecule is CN=C(NCc1cccc(OC)c1OC)NC(C)CCS(C)(=O)=O.I. The summed E-state index contributed by atoms with van der Waals surface area (Å²) in [6, 6.07) is 5.65. The van der Waals surface area contributed by atoms with E-state index in [0.717, 1.165) is 5.56 Å². The number of hydrogen-bond donors (Lipinski definition) is 2. The molecule has 0 aliphatic rings. The fourth-order valence-corrected chi connectivity index (χ4v) is 2.94. The maximum atomic E-state index is 11.2. The van der Waals surface area contributed by atoms with Crippen molar-refractivity contribution >= 4 is 39.8 Å². The van der Waals surface area contributed by atoms with Crippen LogP contribution < -0.4 is 20.1 Å². The van der Waals surface area contributed by atoms with Crippen molar-refractivity contribution in [1.82, 2.24) is 10.6 Å². The van der Waals surface area contributed by atoms with Crippen LogP contribution in [0.2, 0.25) is 0 Å². The summed E-state index contributed by atoms with van der Waals surface area (Å²) in [6.45, 7) is 2.42. The molecule has 0 radical (unpaired) electrons. The summed E-state index contributed by atoms with van der Waals surface area (Å²) in [5.74, 6) is 2.08. The number of ether oxygens (including phenoxy) is 2. The summed E-state index contributed by atoms with van der Waals surface area (Å²) in [4.78, 5) is 4.16. The quantitative estimate of drug-likeness (QED) is 0.332. The molecule has 0 amide bonds. The first-order chi connectivity index (χ1) is 11.3. The van der Waals surface area contributed by atoms with Gasteiger partial charge in [0.2, 0.25) is 0 Å². The number of sulfone groups is 1. The van der Waals surface area contributed by atoms with Gasteiger partial charge in [-0.3, -0.25) is 4.99 Å². The molecule has 1 rings (SSSR count). The number of methoxy groups -OCH3 is 2. The molecule has 1 aromatic carbocycles. The highest BCUT2D eigenvalue weighted by molar-refractivity contribution is 14.0. The van der Waals surface area contributed by atoms with Gasteiger partial charge in [-0.05, 0) is 19.4 Å². The molecular weight excluding hydrogens is 457 g/mol. The van der Waals surface area contributed by atoms with Crippen LogP contribution in [0.15, 0.2) is 23.2 Å². The van der Waals surface area contributed by atoms with Gasteiger partial charge in [-0.2, -0.15) is 0 Å². The Morgan fingerprint density at radius 2 is 1.96 bits per heavy atom. The minimum absolute atomic E-state index is 0. The van der Waals surface area contributed by atoms with Crippen LogP contribution in [-0.2, 0) is 16.4 Å². The lowest BCUT2D eigenvalue weighted by Gasteiger charge is -2.19. The van der Waals surface area contributed by atoms with Gasteiger partial charge in [-0.25, -0.2) is 8.42 Å². The van der Waals surface area contributed by atoms with Gasteiger partial charge < -0.3 is 20.1 Å². The van der Waals surface area contributed by atoms with E-state index in [1.807, 2.05) is 25.1 Å². The highest BCUT2D eigenvalue weighted by atomic mass is 127. The molecule has 2 N–H and O–H groups in total. The van der Waals surface area contributed by atoms with E-state index in [9.17, 15) is 8.42 Å². The molecule has 0 aromatic heterocycles. The molecule has 25 heavy (non-hydrogen) atoms. The molecule has 9 heteroatoms. The first-order valence-corrected chi connectivity index (χ1v) is 9.71. The van der Waals surface area contributed by atoms with Gasteiger partial charge in [0, 0.05) is 31.5 Å². The van der Waals surface area contributed by atoms with Crippen LogP contribution in [0.1, 0.15) is 18.9 Å². The Kier molecular flexibility index (Phi) is 10.8. The highest BCUT2D eigenvalue weighted by Gasteiger charge is 2.12. The monoisotopic (exact) mass is 485 g/mol. The first kappa shape index (κ1) is 23.8. The van der Waals surface area contributed by atoms with Crippen LogP contribution in [0, 0.1) is 0 Å². The van der Waals surface area contributed by atoms with Crippen molar-refractivity contribution in [3.63, 3.8) is 0 Å². The summed E-state index contributed by atoms with van der Waals surface area (Å²) < 4.78 is 33.1. The standard InChI is InChI=1S/C16H27N3O4S.HI/c1-12(9-10-24(5,20)21)19-16(17-2)18-11-13-7-6-8-14(22-3)15(13)23-4;/h6-8,12H,9-11H2,1-5H3,(H2,17,18,19);1H. The largest absolute Gasteiger partial charge is 0.493 e. The average Bonchev–Trinajstić information content (AvgIpc) is 2.55. The summed E-state index contributed by atoms with van der Waals surface area (Å²) in [6.07, 6.45) is 1.75. The van der Waals surface area contributed by atoms with Gasteiger partial charge >= 0.3 is 0 Å². The molecule has 0 aliphatic carbocycles. The molecule has 0 saturated heterocycles. The lowest BCUT2D eigenvalue weighted by atomic mass is 10.2. The number of hydrogen-bond acceptors (Lipinski definition) is 5. The number of halogens is 1. The van der Waals surface area contributed by atoms with E-state index in [2.05, 4.69) is 15.6 Å². The maximum absolute atomic E-state index is 11.2. The third-order valence-corrected chi connectivity index (χ3v) is 4.44. The number of para-hydroxylation sites is 1. The first-order valence-electron chi connectivity index (χ1n) is 7.65. The van der Waals surface area contributed by atoms with Crippen LogP contribution in [0.5, 0.6) is 11.5 Å². The Labute approximate surface area is 167 Å². The molecule has 0 heterocycles. The fraction of sp³-hybridized carbons (Fsp3) is 0.562. The second-order valence-corrected chi connectivity index (χ2v) is 7.80. The van der Waals surface area contributed by atoms with Crippen molar-refractivity contribution in [3.8, 4) is 11.5 Å². The zero-order valence-corrected chi connectivity index (χ0v) is 18.5. The van der Waals surface area contributed by atoms with Crippen LogP contribution >= 0.6 is 24.0 Å². The third-order valence-electron chi connectivity index (χ3n) is 3.46. The van der Waals surface area contributed by atoms with Gasteiger partial charge in [-0.15, -0.1) is 24.0 Å². The molecule has 0 aliphatic heterocycles. The Bertz CT molecular complexity index is 665. The molecule has 0 fully saturated rings. The Morgan fingerprint density at radius 1 is 1.28 bits per heavy atom. The summed E-state index contributed by atoms with van der Waals surface area (Å²) in [7, 11) is 1.90. The van der Waals surface area contributed by atoms with Crippen molar-refractivity contribution in [2.24, 2.45) is 4.99 Å². The Hall–Kier alpha value is -1.23. The number of nitrogens with zero attached hydrogens (tertiary/aromatic N) is 1. The van der Waals surface area contributed by atoms with E-state index >= 15 is 0 Å². The maximum Gasteiger partial charge on any atom is 0.191 e. The average molecular weight is 485 g/mol. The zero-order chi connectivity index (χ0) is 18.2. The van der Waals surface area contributed by atoms with Gasteiger partial charge in [0.25, 0.3) is 0 Å². The number of aliphatic imine (C=N–C) groups is 1. The molecule has 0 saturated carbocycles. The Morgan fingerprint density at radius 3 is 2.48 bits per heavy atom.